The van der Waals surface area contributed by atoms with E-state index in [9.17, 15) is 0 Å². The molecular formula is C16H17NO2. The molecule has 19 heavy (non-hydrogen) atoms. The number of rotatable bonds is 4. The molecule has 2 aromatic rings. The molecule has 0 saturated carbocycles. The molecule has 1 N–H and O–H groups in total. The van der Waals surface area contributed by atoms with Crippen molar-refractivity contribution >= 4 is 5.69 Å². The number of hydrogen-bond acceptors (Lipinski definition) is 3. The number of anilines is 1. The summed E-state index contributed by atoms with van der Waals surface area (Å²) in [6.07, 6.45) is 1.18. The molecule has 1 atom stereocenters. The van der Waals surface area contributed by atoms with Crippen LogP contribution in [0.5, 0.6) is 11.5 Å². The van der Waals surface area contributed by atoms with Gasteiger partial charge in [0.05, 0.1) is 13.7 Å². The quantitative estimate of drug-likeness (QED) is 0.910. The van der Waals surface area contributed by atoms with E-state index in [1.165, 1.54) is 5.56 Å². The van der Waals surface area contributed by atoms with E-state index in [2.05, 4.69) is 17.4 Å². The first kappa shape index (κ1) is 11.9. The van der Waals surface area contributed by atoms with Gasteiger partial charge >= 0.3 is 0 Å². The van der Waals surface area contributed by atoms with Crippen molar-refractivity contribution in [3.8, 4) is 11.5 Å². The maximum absolute atomic E-state index is 5.89. The van der Waals surface area contributed by atoms with Gasteiger partial charge in [-0.1, -0.05) is 18.2 Å². The molecule has 0 amide bonds. The topological polar surface area (TPSA) is 30.5 Å². The number of benzene rings is 2. The fourth-order valence-electron chi connectivity index (χ4n) is 2.31. The molecular weight excluding hydrogens is 238 g/mol. The van der Waals surface area contributed by atoms with Gasteiger partial charge in [-0.3, -0.25) is 0 Å². The molecule has 1 aliphatic rings. The second-order valence-electron chi connectivity index (χ2n) is 4.66. The molecule has 1 heterocycles. The minimum Gasteiger partial charge on any atom is -0.497 e. The van der Waals surface area contributed by atoms with E-state index >= 15 is 0 Å². The highest BCUT2D eigenvalue weighted by atomic mass is 16.5. The van der Waals surface area contributed by atoms with Crippen molar-refractivity contribution < 1.29 is 9.47 Å². The summed E-state index contributed by atoms with van der Waals surface area (Å²) in [6.45, 7) is 0.807. The lowest BCUT2D eigenvalue weighted by molar-refractivity contribution is 0.246. The smallest absolute Gasteiger partial charge is 0.123 e. The number of hydrogen-bond donors (Lipinski definition) is 1. The molecule has 2 aromatic carbocycles. The Bertz CT molecular complexity index is 526. The molecule has 0 aromatic heterocycles. The molecule has 0 spiro atoms. The Balaban J connectivity index is 1.56. The molecule has 0 bridgehead atoms. The van der Waals surface area contributed by atoms with E-state index < -0.39 is 0 Å². The van der Waals surface area contributed by atoms with Crippen molar-refractivity contribution in [3.63, 3.8) is 0 Å². The summed E-state index contributed by atoms with van der Waals surface area (Å²) in [5.41, 5.74) is 2.38. The Morgan fingerprint density at radius 3 is 2.68 bits per heavy atom. The molecule has 3 rings (SSSR count). The maximum Gasteiger partial charge on any atom is 0.123 e. The molecule has 1 unspecified atom stereocenters. The highest BCUT2D eigenvalue weighted by Gasteiger charge is 2.21. The maximum atomic E-state index is 5.89. The summed E-state index contributed by atoms with van der Waals surface area (Å²) in [4.78, 5) is 0. The third-order valence-corrected chi connectivity index (χ3v) is 3.34. The minimum absolute atomic E-state index is 0.208. The first-order valence-electron chi connectivity index (χ1n) is 6.47. The lowest BCUT2D eigenvalue weighted by Gasteiger charge is -2.13. The first-order valence-corrected chi connectivity index (χ1v) is 6.47. The van der Waals surface area contributed by atoms with Crippen molar-refractivity contribution in [2.24, 2.45) is 0 Å². The van der Waals surface area contributed by atoms with Crippen LogP contribution in [0.1, 0.15) is 5.56 Å². The summed E-state index contributed by atoms with van der Waals surface area (Å²) in [6, 6.07) is 16.2. The van der Waals surface area contributed by atoms with Crippen LogP contribution in [-0.2, 0) is 6.42 Å². The summed E-state index contributed by atoms with van der Waals surface area (Å²) < 4.78 is 11.0. The third-order valence-electron chi connectivity index (χ3n) is 3.34. The van der Waals surface area contributed by atoms with Gasteiger partial charge in [-0.05, 0) is 35.9 Å². The molecule has 0 fully saturated rings. The second kappa shape index (κ2) is 5.22. The van der Waals surface area contributed by atoms with Gasteiger partial charge < -0.3 is 14.8 Å². The lowest BCUT2D eigenvalue weighted by atomic mass is 10.1. The Kier molecular flexibility index (Phi) is 3.27. The van der Waals surface area contributed by atoms with E-state index in [4.69, 9.17) is 9.47 Å². The molecule has 3 heteroatoms. The van der Waals surface area contributed by atoms with Crippen LogP contribution in [0.15, 0.2) is 48.5 Å². The number of para-hydroxylation sites is 1. The van der Waals surface area contributed by atoms with Crippen LogP contribution in [0.25, 0.3) is 0 Å². The van der Waals surface area contributed by atoms with E-state index in [1.54, 1.807) is 7.11 Å². The van der Waals surface area contributed by atoms with Gasteiger partial charge in [-0.15, -0.1) is 0 Å². The van der Waals surface area contributed by atoms with Crippen molar-refractivity contribution in [2.45, 2.75) is 12.5 Å². The van der Waals surface area contributed by atoms with Crippen LogP contribution in [0, 0.1) is 0 Å². The van der Waals surface area contributed by atoms with Crippen LogP contribution < -0.4 is 14.8 Å². The first-order chi connectivity index (χ1) is 9.35. The number of nitrogens with one attached hydrogen (secondary N) is 1. The zero-order valence-electron chi connectivity index (χ0n) is 10.9. The number of fused-ring (bicyclic) bond motifs is 1. The fourth-order valence-corrected chi connectivity index (χ4v) is 2.31. The van der Waals surface area contributed by atoms with Crippen LogP contribution in [0.4, 0.5) is 5.69 Å². The van der Waals surface area contributed by atoms with Crippen molar-refractivity contribution in [1.29, 1.82) is 0 Å². The van der Waals surface area contributed by atoms with Crippen LogP contribution in [0.3, 0.4) is 0 Å². The SMILES string of the molecule is COc1ccc(NCC2Cc3ccccc3O2)cc1. The van der Waals surface area contributed by atoms with Gasteiger partial charge in [0.1, 0.15) is 17.6 Å². The Morgan fingerprint density at radius 2 is 1.95 bits per heavy atom. The van der Waals surface area contributed by atoms with Gasteiger partial charge in [-0.2, -0.15) is 0 Å². The van der Waals surface area contributed by atoms with Crippen LogP contribution in [-0.4, -0.2) is 19.8 Å². The van der Waals surface area contributed by atoms with Crippen LogP contribution >= 0.6 is 0 Å². The summed E-state index contributed by atoms with van der Waals surface area (Å²) >= 11 is 0. The Labute approximate surface area is 113 Å². The molecule has 0 aliphatic carbocycles. The molecule has 0 saturated heterocycles. The number of ether oxygens (including phenoxy) is 2. The third kappa shape index (κ3) is 2.65. The van der Waals surface area contributed by atoms with E-state index in [0.717, 1.165) is 30.2 Å². The zero-order chi connectivity index (χ0) is 13.1. The molecule has 98 valence electrons. The van der Waals surface area contributed by atoms with E-state index in [0.29, 0.717) is 0 Å². The predicted molar refractivity (Wildman–Crippen MR) is 76.0 cm³/mol. The predicted octanol–water partition coefficient (Wildman–Crippen LogP) is 3.11. The van der Waals surface area contributed by atoms with Crippen molar-refractivity contribution in [1.82, 2.24) is 0 Å². The average molecular weight is 255 g/mol. The highest BCUT2D eigenvalue weighted by Crippen LogP contribution is 2.28. The molecule has 1 aliphatic heterocycles. The summed E-state index contributed by atoms with van der Waals surface area (Å²) in [5, 5.41) is 3.39. The van der Waals surface area contributed by atoms with Gasteiger partial charge in [0.15, 0.2) is 0 Å². The van der Waals surface area contributed by atoms with Crippen molar-refractivity contribution in [3.05, 3.63) is 54.1 Å². The van der Waals surface area contributed by atoms with E-state index in [1.807, 2.05) is 36.4 Å². The van der Waals surface area contributed by atoms with Gasteiger partial charge in [0.2, 0.25) is 0 Å². The van der Waals surface area contributed by atoms with Crippen LogP contribution in [0.2, 0.25) is 0 Å². The standard InChI is InChI=1S/C16H17NO2/c1-18-14-8-6-13(7-9-14)17-11-15-10-12-4-2-3-5-16(12)19-15/h2-9,15,17H,10-11H2,1H3. The van der Waals surface area contributed by atoms with Gasteiger partial charge in [-0.25, -0.2) is 0 Å². The average Bonchev–Trinajstić information content (AvgIpc) is 2.88. The van der Waals surface area contributed by atoms with Gasteiger partial charge in [0.25, 0.3) is 0 Å². The monoisotopic (exact) mass is 255 g/mol. The molecule has 0 radical (unpaired) electrons. The normalized spacial score (nSPS) is 16.6. The number of methoxy groups -OCH3 is 1. The Hall–Kier alpha value is -2.16. The summed E-state index contributed by atoms with van der Waals surface area (Å²) in [7, 11) is 1.67. The van der Waals surface area contributed by atoms with E-state index in [-0.39, 0.29) is 6.10 Å². The zero-order valence-corrected chi connectivity index (χ0v) is 10.9. The Morgan fingerprint density at radius 1 is 1.16 bits per heavy atom. The van der Waals surface area contributed by atoms with Crippen molar-refractivity contribution in [2.75, 3.05) is 19.0 Å². The largest absolute Gasteiger partial charge is 0.497 e. The minimum atomic E-state index is 0.208. The van der Waals surface area contributed by atoms with Gasteiger partial charge in [0, 0.05) is 12.1 Å². The highest BCUT2D eigenvalue weighted by molar-refractivity contribution is 5.47. The summed E-state index contributed by atoms with van der Waals surface area (Å²) in [5.74, 6) is 1.89. The molecule has 3 nitrogen and oxygen atoms in total. The second-order valence-corrected chi connectivity index (χ2v) is 4.66. The lowest BCUT2D eigenvalue weighted by Crippen LogP contribution is -2.23. The fraction of sp³-hybridized carbons (Fsp3) is 0.250.